The number of anilines is 1. The molecule has 0 bridgehead atoms. The molecular weight excluding hydrogens is 260 g/mol. The molecule has 4 rings (SSSR count). The van der Waals surface area contributed by atoms with Crippen molar-refractivity contribution in [1.29, 1.82) is 0 Å². The molecule has 0 radical (unpaired) electrons. The Kier molecular flexibility index (Phi) is 2.69. The van der Waals surface area contributed by atoms with Crippen LogP contribution in [0.1, 0.15) is 17.2 Å². The Hall–Kier alpha value is -2.72. The third-order valence-electron chi connectivity index (χ3n) is 3.82. The zero-order valence-electron chi connectivity index (χ0n) is 11.3. The number of para-hydroxylation sites is 1. The first-order valence-corrected chi connectivity index (χ1v) is 6.85. The summed E-state index contributed by atoms with van der Waals surface area (Å²) in [5.74, 6) is 6.41. The molecule has 2 aromatic heterocycles. The van der Waals surface area contributed by atoms with Crippen LogP contribution in [0.2, 0.25) is 0 Å². The molecule has 0 aliphatic heterocycles. The van der Waals surface area contributed by atoms with E-state index in [-0.39, 0.29) is 6.04 Å². The molecule has 2 N–H and O–H groups in total. The summed E-state index contributed by atoms with van der Waals surface area (Å²) in [6.45, 7) is 0. The summed E-state index contributed by atoms with van der Waals surface area (Å²) in [5, 5.41) is 1.79. The maximum atomic E-state index is 6.41. The second-order valence-electron chi connectivity index (χ2n) is 5.03. The molecule has 4 nitrogen and oxygen atoms in total. The number of aromatic nitrogens is 2. The summed E-state index contributed by atoms with van der Waals surface area (Å²) in [5.41, 5.74) is 5.00. The van der Waals surface area contributed by atoms with Crippen LogP contribution in [0.3, 0.4) is 0 Å². The van der Waals surface area contributed by atoms with Gasteiger partial charge in [-0.3, -0.25) is 15.0 Å². The molecule has 0 fully saturated rings. The third kappa shape index (κ3) is 1.80. The summed E-state index contributed by atoms with van der Waals surface area (Å²) in [6, 6.07) is 17.9. The summed E-state index contributed by atoms with van der Waals surface area (Å²) < 4.78 is 0. The van der Waals surface area contributed by atoms with Crippen molar-refractivity contribution in [3.05, 3.63) is 78.1 Å². The highest BCUT2D eigenvalue weighted by molar-refractivity contribution is 5.74. The Balaban J connectivity index is 1.89. The lowest BCUT2D eigenvalue weighted by molar-refractivity contribution is 0.749. The fourth-order valence-electron chi connectivity index (χ4n) is 2.89. The zero-order valence-corrected chi connectivity index (χ0v) is 11.3. The van der Waals surface area contributed by atoms with Gasteiger partial charge in [0.1, 0.15) is 0 Å². The van der Waals surface area contributed by atoms with Crippen molar-refractivity contribution in [2.45, 2.75) is 6.04 Å². The maximum absolute atomic E-state index is 6.41. The van der Waals surface area contributed by atoms with Gasteiger partial charge in [0.2, 0.25) is 0 Å². The minimum atomic E-state index is -0.0557. The molecule has 0 atom stereocenters. The number of hydrogen-bond donors (Lipinski definition) is 1. The minimum absolute atomic E-state index is 0.0557. The van der Waals surface area contributed by atoms with E-state index in [0.29, 0.717) is 0 Å². The quantitative estimate of drug-likeness (QED) is 0.576. The normalized spacial score (nSPS) is 12.8. The Morgan fingerprint density at radius 1 is 0.762 bits per heavy atom. The molecule has 1 aliphatic rings. The van der Waals surface area contributed by atoms with Crippen LogP contribution in [-0.4, -0.2) is 9.97 Å². The second-order valence-corrected chi connectivity index (χ2v) is 5.03. The number of nitrogens with zero attached hydrogens (tertiary/aromatic N) is 3. The highest BCUT2D eigenvalue weighted by Gasteiger charge is 2.33. The number of hydrazine groups is 1. The molecule has 0 saturated heterocycles. The topological polar surface area (TPSA) is 55.0 Å². The van der Waals surface area contributed by atoms with Crippen LogP contribution >= 0.6 is 0 Å². The number of pyridine rings is 2. The highest BCUT2D eigenvalue weighted by Crippen LogP contribution is 2.43. The van der Waals surface area contributed by atoms with E-state index >= 15 is 0 Å². The lowest BCUT2D eigenvalue weighted by Gasteiger charge is -2.27. The van der Waals surface area contributed by atoms with Gasteiger partial charge in [0, 0.05) is 23.5 Å². The average molecular weight is 274 g/mol. The fraction of sp³-hybridized carbons (Fsp3) is 0.0588. The molecule has 2 heterocycles. The fourth-order valence-corrected chi connectivity index (χ4v) is 2.89. The van der Waals surface area contributed by atoms with Crippen molar-refractivity contribution >= 4 is 5.69 Å². The molecule has 102 valence electrons. The predicted octanol–water partition coefficient (Wildman–Crippen LogP) is 2.93. The molecule has 4 heteroatoms. The number of nitrogens with two attached hydrogens (primary N) is 1. The molecule has 0 saturated carbocycles. The largest absolute Gasteiger partial charge is 0.299 e. The average Bonchev–Trinajstić information content (AvgIpc) is 2.90. The van der Waals surface area contributed by atoms with E-state index in [1.54, 1.807) is 17.4 Å². The summed E-state index contributed by atoms with van der Waals surface area (Å²) in [6.07, 6.45) is 3.59. The van der Waals surface area contributed by atoms with Crippen molar-refractivity contribution in [2.75, 3.05) is 5.01 Å². The lowest BCUT2D eigenvalue weighted by Crippen LogP contribution is -2.35. The summed E-state index contributed by atoms with van der Waals surface area (Å²) >= 11 is 0. The Morgan fingerprint density at radius 2 is 1.33 bits per heavy atom. The van der Waals surface area contributed by atoms with Gasteiger partial charge in [-0.05, 0) is 24.3 Å². The molecule has 0 spiro atoms. The smallest absolute Gasteiger partial charge is 0.0995 e. The molecule has 1 aliphatic carbocycles. The van der Waals surface area contributed by atoms with Gasteiger partial charge in [-0.1, -0.05) is 30.3 Å². The molecule has 0 amide bonds. The Morgan fingerprint density at radius 3 is 1.90 bits per heavy atom. The van der Waals surface area contributed by atoms with Gasteiger partial charge in [0.25, 0.3) is 0 Å². The standard InChI is InChI=1S/C17H14N4/c18-21(12-6-2-1-3-7-12)17-13-8-4-10-19-15(13)16-14(17)9-5-11-20-16/h1-11,17H,18H2. The van der Waals surface area contributed by atoms with Crippen LogP contribution in [0.15, 0.2) is 67.0 Å². The van der Waals surface area contributed by atoms with E-state index in [9.17, 15) is 0 Å². The maximum Gasteiger partial charge on any atom is 0.0995 e. The minimum Gasteiger partial charge on any atom is -0.299 e. The first-order valence-electron chi connectivity index (χ1n) is 6.85. The Labute approximate surface area is 122 Å². The van der Waals surface area contributed by atoms with Gasteiger partial charge < -0.3 is 0 Å². The van der Waals surface area contributed by atoms with Crippen molar-refractivity contribution < 1.29 is 0 Å². The number of rotatable bonds is 2. The van der Waals surface area contributed by atoms with Crippen LogP contribution in [0, 0.1) is 0 Å². The van der Waals surface area contributed by atoms with Crippen molar-refractivity contribution in [3.8, 4) is 11.4 Å². The number of fused-ring (bicyclic) bond motifs is 3. The second kappa shape index (κ2) is 4.68. The van der Waals surface area contributed by atoms with E-state index in [4.69, 9.17) is 5.84 Å². The molecule has 21 heavy (non-hydrogen) atoms. The predicted molar refractivity (Wildman–Crippen MR) is 82.4 cm³/mol. The first kappa shape index (κ1) is 12.1. The SMILES string of the molecule is NN(c1ccccc1)C1c2cccnc2-c2ncccc21. The van der Waals surface area contributed by atoms with Gasteiger partial charge >= 0.3 is 0 Å². The van der Waals surface area contributed by atoms with Gasteiger partial charge in [0.05, 0.1) is 23.1 Å². The van der Waals surface area contributed by atoms with Crippen LogP contribution < -0.4 is 10.9 Å². The van der Waals surface area contributed by atoms with Gasteiger partial charge in [-0.15, -0.1) is 0 Å². The van der Waals surface area contributed by atoms with Crippen molar-refractivity contribution in [2.24, 2.45) is 5.84 Å². The van der Waals surface area contributed by atoms with Crippen molar-refractivity contribution in [3.63, 3.8) is 0 Å². The van der Waals surface area contributed by atoms with Crippen LogP contribution in [0.5, 0.6) is 0 Å². The lowest BCUT2D eigenvalue weighted by atomic mass is 10.1. The molecular formula is C17H14N4. The molecule has 1 aromatic carbocycles. The molecule has 3 aromatic rings. The van der Waals surface area contributed by atoms with Crippen LogP contribution in [0.4, 0.5) is 5.69 Å². The van der Waals surface area contributed by atoms with E-state index in [2.05, 4.69) is 22.1 Å². The van der Waals surface area contributed by atoms with E-state index in [1.807, 2.05) is 42.5 Å². The van der Waals surface area contributed by atoms with E-state index < -0.39 is 0 Å². The third-order valence-corrected chi connectivity index (χ3v) is 3.82. The highest BCUT2D eigenvalue weighted by atomic mass is 15.4. The van der Waals surface area contributed by atoms with Crippen LogP contribution in [-0.2, 0) is 0 Å². The van der Waals surface area contributed by atoms with E-state index in [1.165, 1.54) is 0 Å². The number of hydrogen-bond acceptors (Lipinski definition) is 4. The summed E-state index contributed by atoms with van der Waals surface area (Å²) in [4.78, 5) is 8.96. The van der Waals surface area contributed by atoms with Gasteiger partial charge in [-0.25, -0.2) is 5.84 Å². The summed E-state index contributed by atoms with van der Waals surface area (Å²) in [7, 11) is 0. The van der Waals surface area contributed by atoms with Crippen LogP contribution in [0.25, 0.3) is 11.4 Å². The monoisotopic (exact) mass is 274 g/mol. The van der Waals surface area contributed by atoms with Crippen molar-refractivity contribution in [1.82, 2.24) is 9.97 Å². The first-order chi connectivity index (χ1) is 10.4. The number of benzene rings is 1. The van der Waals surface area contributed by atoms with Gasteiger partial charge in [0.15, 0.2) is 0 Å². The Bertz CT molecular complexity index is 740. The van der Waals surface area contributed by atoms with E-state index in [0.717, 1.165) is 28.2 Å². The zero-order chi connectivity index (χ0) is 14.2. The van der Waals surface area contributed by atoms with Gasteiger partial charge in [-0.2, -0.15) is 0 Å². The molecule has 0 unspecified atom stereocenters.